The van der Waals surface area contributed by atoms with Crippen LogP contribution < -0.4 is 10.6 Å². The van der Waals surface area contributed by atoms with Gasteiger partial charge in [-0.05, 0) is 50.9 Å². The van der Waals surface area contributed by atoms with Crippen molar-refractivity contribution in [3.63, 3.8) is 0 Å². The zero-order valence-corrected chi connectivity index (χ0v) is 16.3. The quantitative estimate of drug-likeness (QED) is 0.408. The Hall–Kier alpha value is -0.820. The van der Waals surface area contributed by atoms with Crippen molar-refractivity contribution in [1.29, 1.82) is 0 Å². The smallest absolute Gasteiger partial charge is 0.191 e. The topological polar surface area (TPSA) is 39.7 Å². The normalized spacial score (nSPS) is 14.6. The van der Waals surface area contributed by atoms with E-state index in [-0.39, 0.29) is 24.0 Å². The molecule has 2 N–H and O–H groups in total. The van der Waals surface area contributed by atoms with E-state index in [2.05, 4.69) is 60.8 Å². The molecule has 1 aromatic rings. The molecule has 1 fully saturated rings. The highest BCUT2D eigenvalue weighted by Crippen LogP contribution is 2.27. The third kappa shape index (κ3) is 6.96. The molecule has 1 saturated carbocycles. The third-order valence-electron chi connectivity index (χ3n) is 3.61. The Morgan fingerprint density at radius 3 is 2.45 bits per heavy atom. The number of nitrogens with one attached hydrogen (secondary N) is 2. The molecule has 0 atom stereocenters. The number of guanidine groups is 1. The van der Waals surface area contributed by atoms with Crippen LogP contribution in [0, 0.1) is 5.92 Å². The van der Waals surface area contributed by atoms with Crippen molar-refractivity contribution in [2.24, 2.45) is 10.9 Å². The first-order valence-corrected chi connectivity index (χ1v) is 7.92. The van der Waals surface area contributed by atoms with Gasteiger partial charge in [0.2, 0.25) is 0 Å². The standard InChI is InChI=1S/C17H28N4.HI/c1-4-18-17(19-11-14-9-10-14)20-12-15-7-5-6-8-16(15)13-21(2)3;/h5-8,14H,4,9-13H2,1-3H3,(H2,18,19,20);1H. The van der Waals surface area contributed by atoms with Gasteiger partial charge in [-0.15, -0.1) is 24.0 Å². The number of halogens is 1. The average Bonchev–Trinajstić information content (AvgIpc) is 3.27. The highest BCUT2D eigenvalue weighted by Gasteiger charge is 2.21. The van der Waals surface area contributed by atoms with Crippen LogP contribution in [0.3, 0.4) is 0 Å². The second-order valence-electron chi connectivity index (χ2n) is 6.03. The van der Waals surface area contributed by atoms with Crippen molar-refractivity contribution in [3.05, 3.63) is 35.4 Å². The Morgan fingerprint density at radius 2 is 1.86 bits per heavy atom. The summed E-state index contributed by atoms with van der Waals surface area (Å²) in [6.07, 6.45) is 2.72. The lowest BCUT2D eigenvalue weighted by Crippen LogP contribution is -2.38. The summed E-state index contributed by atoms with van der Waals surface area (Å²) in [5, 5.41) is 6.77. The monoisotopic (exact) mass is 416 g/mol. The molecule has 124 valence electrons. The van der Waals surface area contributed by atoms with E-state index in [9.17, 15) is 0 Å². The van der Waals surface area contributed by atoms with Crippen molar-refractivity contribution in [1.82, 2.24) is 15.5 Å². The molecular formula is C17H29IN4. The van der Waals surface area contributed by atoms with Crippen LogP contribution in [-0.2, 0) is 13.1 Å². The number of hydrogen-bond acceptors (Lipinski definition) is 2. The molecule has 0 bridgehead atoms. The summed E-state index contributed by atoms with van der Waals surface area (Å²) in [5.74, 6) is 1.79. The van der Waals surface area contributed by atoms with Crippen LogP contribution >= 0.6 is 24.0 Å². The molecule has 1 aliphatic carbocycles. The maximum Gasteiger partial charge on any atom is 0.191 e. The van der Waals surface area contributed by atoms with E-state index < -0.39 is 0 Å². The van der Waals surface area contributed by atoms with Crippen LogP contribution in [0.5, 0.6) is 0 Å². The maximum atomic E-state index is 4.73. The minimum Gasteiger partial charge on any atom is -0.357 e. The van der Waals surface area contributed by atoms with Gasteiger partial charge in [-0.2, -0.15) is 0 Å². The van der Waals surface area contributed by atoms with Crippen LogP contribution in [0.4, 0.5) is 0 Å². The molecule has 5 heteroatoms. The Morgan fingerprint density at radius 1 is 1.18 bits per heavy atom. The minimum atomic E-state index is 0. The Balaban J connectivity index is 0.00000242. The lowest BCUT2D eigenvalue weighted by Gasteiger charge is -2.14. The van der Waals surface area contributed by atoms with Crippen LogP contribution in [0.25, 0.3) is 0 Å². The van der Waals surface area contributed by atoms with Crippen molar-refractivity contribution in [2.45, 2.75) is 32.9 Å². The van der Waals surface area contributed by atoms with Gasteiger partial charge in [0, 0.05) is 19.6 Å². The van der Waals surface area contributed by atoms with E-state index in [1.807, 2.05) is 0 Å². The Labute approximate surface area is 151 Å². The molecule has 0 aliphatic heterocycles. The van der Waals surface area contributed by atoms with Gasteiger partial charge >= 0.3 is 0 Å². The van der Waals surface area contributed by atoms with E-state index >= 15 is 0 Å². The van der Waals surface area contributed by atoms with Gasteiger partial charge < -0.3 is 15.5 Å². The molecule has 0 heterocycles. The van der Waals surface area contributed by atoms with E-state index in [0.29, 0.717) is 0 Å². The molecule has 0 unspecified atom stereocenters. The fourth-order valence-electron chi connectivity index (χ4n) is 2.28. The molecule has 0 saturated heterocycles. The fourth-order valence-corrected chi connectivity index (χ4v) is 2.28. The molecule has 0 spiro atoms. The molecule has 0 radical (unpaired) electrons. The average molecular weight is 416 g/mol. The minimum absolute atomic E-state index is 0. The van der Waals surface area contributed by atoms with Crippen molar-refractivity contribution in [2.75, 3.05) is 27.2 Å². The van der Waals surface area contributed by atoms with Gasteiger partial charge in [-0.25, -0.2) is 4.99 Å². The van der Waals surface area contributed by atoms with Crippen molar-refractivity contribution < 1.29 is 0 Å². The van der Waals surface area contributed by atoms with Gasteiger partial charge in [0.05, 0.1) is 6.54 Å². The number of rotatable bonds is 7. The predicted octanol–water partition coefficient (Wildman–Crippen LogP) is 2.83. The highest BCUT2D eigenvalue weighted by atomic mass is 127. The number of hydrogen-bond donors (Lipinski definition) is 2. The molecule has 1 aromatic carbocycles. The summed E-state index contributed by atoms with van der Waals surface area (Å²) in [6, 6.07) is 8.55. The summed E-state index contributed by atoms with van der Waals surface area (Å²) >= 11 is 0. The van der Waals surface area contributed by atoms with Gasteiger partial charge in [0.15, 0.2) is 5.96 Å². The maximum absolute atomic E-state index is 4.73. The SMILES string of the molecule is CCNC(=NCc1ccccc1CN(C)C)NCC1CC1.I. The van der Waals surface area contributed by atoms with Crippen LogP contribution in [-0.4, -0.2) is 38.0 Å². The number of aliphatic imine (C=N–C) groups is 1. The van der Waals surface area contributed by atoms with Gasteiger partial charge in [-0.3, -0.25) is 0 Å². The molecule has 0 aromatic heterocycles. The summed E-state index contributed by atoms with van der Waals surface area (Å²) in [5.41, 5.74) is 2.65. The highest BCUT2D eigenvalue weighted by molar-refractivity contribution is 14.0. The van der Waals surface area contributed by atoms with Crippen molar-refractivity contribution >= 4 is 29.9 Å². The molecular weight excluding hydrogens is 387 g/mol. The van der Waals surface area contributed by atoms with Gasteiger partial charge in [0.1, 0.15) is 0 Å². The molecule has 0 amide bonds. The van der Waals surface area contributed by atoms with E-state index in [1.165, 1.54) is 24.0 Å². The first-order valence-electron chi connectivity index (χ1n) is 7.92. The summed E-state index contributed by atoms with van der Waals surface area (Å²) in [6.45, 7) is 5.73. The molecule has 4 nitrogen and oxygen atoms in total. The first-order chi connectivity index (χ1) is 10.2. The van der Waals surface area contributed by atoms with E-state index in [4.69, 9.17) is 4.99 Å². The van der Waals surface area contributed by atoms with Crippen LogP contribution in [0.1, 0.15) is 30.9 Å². The second-order valence-corrected chi connectivity index (χ2v) is 6.03. The Bertz CT molecular complexity index is 469. The lowest BCUT2D eigenvalue weighted by molar-refractivity contribution is 0.401. The first kappa shape index (κ1) is 19.2. The number of benzene rings is 1. The molecule has 22 heavy (non-hydrogen) atoms. The van der Waals surface area contributed by atoms with Crippen LogP contribution in [0.2, 0.25) is 0 Å². The summed E-state index contributed by atoms with van der Waals surface area (Å²) in [7, 11) is 4.20. The van der Waals surface area contributed by atoms with Crippen molar-refractivity contribution in [3.8, 4) is 0 Å². The number of nitrogens with zero attached hydrogens (tertiary/aromatic N) is 2. The van der Waals surface area contributed by atoms with E-state index in [1.54, 1.807) is 0 Å². The zero-order chi connectivity index (χ0) is 15.1. The molecule has 2 rings (SSSR count). The fraction of sp³-hybridized carbons (Fsp3) is 0.588. The van der Waals surface area contributed by atoms with Gasteiger partial charge in [-0.1, -0.05) is 24.3 Å². The van der Waals surface area contributed by atoms with Gasteiger partial charge in [0.25, 0.3) is 0 Å². The third-order valence-corrected chi connectivity index (χ3v) is 3.61. The Kier molecular flexibility index (Phi) is 8.78. The largest absolute Gasteiger partial charge is 0.357 e. The predicted molar refractivity (Wildman–Crippen MR) is 105 cm³/mol. The van der Waals surface area contributed by atoms with E-state index in [0.717, 1.165) is 38.1 Å². The summed E-state index contributed by atoms with van der Waals surface area (Å²) in [4.78, 5) is 6.92. The second kappa shape index (κ2) is 10.0. The molecule has 1 aliphatic rings. The zero-order valence-electron chi connectivity index (χ0n) is 13.9. The van der Waals surface area contributed by atoms with Crippen LogP contribution in [0.15, 0.2) is 29.3 Å². The lowest BCUT2D eigenvalue weighted by atomic mass is 10.1. The summed E-state index contributed by atoms with van der Waals surface area (Å²) < 4.78 is 0.